The second-order valence-corrected chi connectivity index (χ2v) is 7.57. The van der Waals surface area contributed by atoms with Gasteiger partial charge in [-0.3, -0.25) is 4.72 Å². The quantitative estimate of drug-likeness (QED) is 0.783. The van der Waals surface area contributed by atoms with Crippen LogP contribution in [0.25, 0.3) is 10.2 Å². The molecule has 0 fully saturated rings. The van der Waals surface area contributed by atoms with Crippen LogP contribution in [0.2, 0.25) is 5.02 Å². The van der Waals surface area contributed by atoms with Gasteiger partial charge < -0.3 is 0 Å². The van der Waals surface area contributed by atoms with E-state index in [9.17, 15) is 8.42 Å². The fraction of sp³-hybridized carbons (Fsp3) is 0.0714. The highest BCUT2D eigenvalue weighted by Crippen LogP contribution is 2.32. The third-order valence-electron chi connectivity index (χ3n) is 2.97. The van der Waals surface area contributed by atoms with Crippen LogP contribution < -0.4 is 4.72 Å². The van der Waals surface area contributed by atoms with Gasteiger partial charge in [-0.1, -0.05) is 47.2 Å². The lowest BCUT2D eigenvalue weighted by molar-refractivity contribution is 0.600. The van der Waals surface area contributed by atoms with E-state index in [1.165, 1.54) is 11.3 Å². The van der Waals surface area contributed by atoms with Crippen molar-refractivity contribution in [1.29, 1.82) is 0 Å². The first-order valence-corrected chi connectivity index (χ1v) is 8.79. The molecule has 108 valence electrons. The number of anilines is 1. The van der Waals surface area contributed by atoms with E-state index in [0.717, 1.165) is 4.70 Å². The highest BCUT2D eigenvalue weighted by Gasteiger charge is 2.18. The van der Waals surface area contributed by atoms with Crippen molar-refractivity contribution in [3.8, 4) is 0 Å². The fourth-order valence-corrected chi connectivity index (χ4v) is 4.63. The Morgan fingerprint density at radius 1 is 1.14 bits per heavy atom. The first-order chi connectivity index (χ1) is 9.97. The summed E-state index contributed by atoms with van der Waals surface area (Å²) in [4.78, 5) is 4.49. The third kappa shape index (κ3) is 2.74. The first-order valence-electron chi connectivity index (χ1n) is 6.11. The molecule has 0 aliphatic carbocycles. The number of fused-ring (bicyclic) bond motifs is 1. The van der Waals surface area contributed by atoms with Crippen molar-refractivity contribution in [2.75, 3.05) is 4.72 Å². The third-order valence-corrected chi connectivity index (χ3v) is 5.84. The van der Waals surface area contributed by atoms with Gasteiger partial charge in [-0.2, -0.15) is 0 Å². The van der Waals surface area contributed by atoms with Crippen LogP contribution in [0.15, 0.2) is 47.4 Å². The van der Waals surface area contributed by atoms with Crippen LogP contribution in [0.1, 0.15) is 5.56 Å². The normalized spacial score (nSPS) is 11.7. The van der Waals surface area contributed by atoms with E-state index in [4.69, 9.17) is 11.6 Å². The molecule has 0 amide bonds. The molecule has 0 spiro atoms. The number of aromatic nitrogens is 1. The maximum absolute atomic E-state index is 12.4. The van der Waals surface area contributed by atoms with E-state index >= 15 is 0 Å². The molecule has 2 aromatic carbocycles. The number of halogens is 1. The standard InChI is InChI=1S/C14H11ClN2O2S2/c1-9-5-2-3-8-12(9)21(18,19)17-14-16-13-10(15)6-4-7-11(13)20-14/h2-8H,1H3,(H,16,17). The van der Waals surface area contributed by atoms with Crippen molar-refractivity contribution in [1.82, 2.24) is 4.98 Å². The minimum atomic E-state index is -3.65. The fourth-order valence-electron chi connectivity index (χ4n) is 1.99. The molecule has 0 radical (unpaired) electrons. The molecule has 0 saturated heterocycles. The van der Waals surface area contributed by atoms with Gasteiger partial charge in [0.05, 0.1) is 14.6 Å². The summed E-state index contributed by atoms with van der Waals surface area (Å²) in [7, 11) is -3.65. The lowest BCUT2D eigenvalue weighted by Crippen LogP contribution is -2.13. The summed E-state index contributed by atoms with van der Waals surface area (Å²) in [5.74, 6) is 0. The molecule has 7 heteroatoms. The zero-order chi connectivity index (χ0) is 15.0. The molecule has 0 aliphatic heterocycles. The molecule has 3 aromatic rings. The summed E-state index contributed by atoms with van der Waals surface area (Å²) in [6.45, 7) is 1.75. The maximum Gasteiger partial charge on any atom is 0.263 e. The highest BCUT2D eigenvalue weighted by molar-refractivity contribution is 7.93. The van der Waals surface area contributed by atoms with E-state index in [2.05, 4.69) is 9.71 Å². The van der Waals surface area contributed by atoms with Gasteiger partial charge in [-0.15, -0.1) is 0 Å². The average molecular weight is 339 g/mol. The Morgan fingerprint density at radius 3 is 2.62 bits per heavy atom. The van der Waals surface area contributed by atoms with Crippen LogP contribution in [0, 0.1) is 6.92 Å². The average Bonchev–Trinajstić information content (AvgIpc) is 2.82. The summed E-state index contributed by atoms with van der Waals surface area (Å²) in [5.41, 5.74) is 1.29. The zero-order valence-corrected chi connectivity index (χ0v) is 13.4. The molecular formula is C14H11ClN2O2S2. The number of rotatable bonds is 3. The van der Waals surface area contributed by atoms with Gasteiger partial charge in [0.25, 0.3) is 10.0 Å². The number of aryl methyl sites for hydroxylation is 1. The molecular weight excluding hydrogens is 328 g/mol. The van der Waals surface area contributed by atoms with Gasteiger partial charge >= 0.3 is 0 Å². The Labute approximate surface area is 131 Å². The highest BCUT2D eigenvalue weighted by atomic mass is 35.5. The second kappa shape index (κ2) is 5.29. The molecule has 0 saturated carbocycles. The predicted molar refractivity (Wildman–Crippen MR) is 86.6 cm³/mol. The lowest BCUT2D eigenvalue weighted by Gasteiger charge is -2.07. The van der Waals surface area contributed by atoms with Crippen molar-refractivity contribution in [2.45, 2.75) is 11.8 Å². The molecule has 0 bridgehead atoms. The van der Waals surface area contributed by atoms with E-state index in [1.807, 2.05) is 12.1 Å². The Morgan fingerprint density at radius 2 is 1.90 bits per heavy atom. The number of sulfonamides is 1. The van der Waals surface area contributed by atoms with Gasteiger partial charge in [0, 0.05) is 0 Å². The summed E-state index contributed by atoms with van der Waals surface area (Å²) in [5, 5.41) is 0.812. The molecule has 3 rings (SSSR count). The number of para-hydroxylation sites is 1. The summed E-state index contributed by atoms with van der Waals surface area (Å²) in [6, 6.07) is 12.2. The number of hydrogen-bond donors (Lipinski definition) is 1. The monoisotopic (exact) mass is 338 g/mol. The molecule has 1 N–H and O–H groups in total. The van der Waals surface area contributed by atoms with Crippen LogP contribution in [-0.4, -0.2) is 13.4 Å². The van der Waals surface area contributed by atoms with Crippen molar-refractivity contribution < 1.29 is 8.42 Å². The Hall–Kier alpha value is -1.63. The van der Waals surface area contributed by atoms with Gasteiger partial charge in [0.15, 0.2) is 5.13 Å². The molecule has 1 heterocycles. The summed E-state index contributed by atoms with van der Waals surface area (Å²) < 4.78 is 28.2. The number of nitrogens with zero attached hydrogens (tertiary/aromatic N) is 1. The van der Waals surface area contributed by atoms with Crippen LogP contribution in [-0.2, 0) is 10.0 Å². The Balaban J connectivity index is 2.02. The number of benzene rings is 2. The van der Waals surface area contributed by atoms with Gasteiger partial charge in [-0.05, 0) is 30.7 Å². The van der Waals surface area contributed by atoms with Gasteiger partial charge in [0.1, 0.15) is 5.52 Å². The van der Waals surface area contributed by atoms with E-state index in [-0.39, 0.29) is 4.90 Å². The molecule has 0 atom stereocenters. The second-order valence-electron chi connectivity index (χ2n) is 4.48. The largest absolute Gasteiger partial charge is 0.263 e. The van der Waals surface area contributed by atoms with Crippen LogP contribution in [0.5, 0.6) is 0 Å². The van der Waals surface area contributed by atoms with Crippen molar-refractivity contribution in [3.63, 3.8) is 0 Å². The first kappa shape index (κ1) is 14.3. The lowest BCUT2D eigenvalue weighted by atomic mass is 10.2. The minimum absolute atomic E-state index is 0.246. The smallest absolute Gasteiger partial charge is 0.255 e. The van der Waals surface area contributed by atoms with Crippen molar-refractivity contribution in [2.24, 2.45) is 0 Å². The van der Waals surface area contributed by atoms with Crippen LogP contribution >= 0.6 is 22.9 Å². The van der Waals surface area contributed by atoms with Gasteiger partial charge in [0.2, 0.25) is 0 Å². The van der Waals surface area contributed by atoms with Crippen LogP contribution in [0.3, 0.4) is 0 Å². The summed E-state index contributed by atoms with van der Waals surface area (Å²) in [6.07, 6.45) is 0. The Bertz CT molecular complexity index is 920. The van der Waals surface area contributed by atoms with Crippen molar-refractivity contribution >= 4 is 48.3 Å². The summed E-state index contributed by atoms with van der Waals surface area (Å²) >= 11 is 7.30. The molecule has 4 nitrogen and oxygen atoms in total. The van der Waals surface area contributed by atoms with E-state index in [0.29, 0.717) is 21.2 Å². The van der Waals surface area contributed by atoms with E-state index in [1.54, 1.807) is 37.3 Å². The molecule has 21 heavy (non-hydrogen) atoms. The minimum Gasteiger partial charge on any atom is -0.255 e. The maximum atomic E-state index is 12.4. The number of hydrogen-bond acceptors (Lipinski definition) is 4. The zero-order valence-electron chi connectivity index (χ0n) is 11.0. The SMILES string of the molecule is Cc1ccccc1S(=O)(=O)Nc1nc2c(Cl)cccc2s1. The van der Waals surface area contributed by atoms with E-state index < -0.39 is 10.0 Å². The number of nitrogens with one attached hydrogen (secondary N) is 1. The molecule has 1 aromatic heterocycles. The van der Waals surface area contributed by atoms with Crippen LogP contribution in [0.4, 0.5) is 5.13 Å². The Kier molecular flexibility index (Phi) is 3.61. The van der Waals surface area contributed by atoms with Crippen molar-refractivity contribution in [3.05, 3.63) is 53.1 Å². The molecule has 0 unspecified atom stereocenters. The topological polar surface area (TPSA) is 59.1 Å². The van der Waals surface area contributed by atoms with Gasteiger partial charge in [-0.25, -0.2) is 13.4 Å². The molecule has 0 aliphatic rings. The predicted octanol–water partition coefficient (Wildman–Crippen LogP) is 4.06. The number of thiazole rings is 1.